The summed E-state index contributed by atoms with van der Waals surface area (Å²) in [6.07, 6.45) is -0.0477. The molecule has 0 saturated heterocycles. The minimum atomic E-state index is -3.82. The number of hydrogen-bond donors (Lipinski definition) is 3. The lowest BCUT2D eigenvalue weighted by Crippen LogP contribution is -2.17. The second-order valence-corrected chi connectivity index (χ2v) is 6.46. The molecule has 1 rings (SSSR count). The average molecular weight is 300 g/mol. The highest BCUT2D eigenvalue weighted by Gasteiger charge is 2.14. The topological polar surface area (TPSA) is 109 Å². The largest absolute Gasteiger partial charge is 0.393 e. The molecule has 7 heteroatoms. The van der Waals surface area contributed by atoms with Gasteiger partial charge in [-0.25, -0.2) is 13.6 Å². The number of aryl methyl sites for hydroxylation is 1. The van der Waals surface area contributed by atoms with Crippen molar-refractivity contribution >= 4 is 21.6 Å². The molecule has 0 aliphatic carbocycles. The fourth-order valence-electron chi connectivity index (χ4n) is 1.67. The summed E-state index contributed by atoms with van der Waals surface area (Å²) in [5.74, 6) is -0.278. The maximum absolute atomic E-state index is 11.7. The molecule has 1 aromatic carbocycles. The molecule has 0 fully saturated rings. The van der Waals surface area contributed by atoms with Crippen LogP contribution in [-0.4, -0.2) is 25.5 Å². The Morgan fingerprint density at radius 2 is 2.00 bits per heavy atom. The van der Waals surface area contributed by atoms with E-state index in [4.69, 9.17) is 10.2 Å². The van der Waals surface area contributed by atoms with E-state index in [-0.39, 0.29) is 17.2 Å². The highest BCUT2D eigenvalue weighted by molar-refractivity contribution is 7.89. The predicted octanol–water partition coefficient (Wildman–Crippen LogP) is 1.05. The van der Waals surface area contributed by atoms with Gasteiger partial charge >= 0.3 is 0 Å². The molecule has 0 heterocycles. The Bertz CT molecular complexity index is 609. The highest BCUT2D eigenvalue weighted by atomic mass is 32.2. The highest BCUT2D eigenvalue weighted by Crippen LogP contribution is 2.23. The van der Waals surface area contributed by atoms with Gasteiger partial charge in [-0.1, -0.05) is 0 Å². The van der Waals surface area contributed by atoms with Crippen molar-refractivity contribution in [2.24, 2.45) is 5.14 Å². The van der Waals surface area contributed by atoms with Crippen LogP contribution in [0.2, 0.25) is 0 Å². The van der Waals surface area contributed by atoms with Crippen molar-refractivity contribution in [3.63, 3.8) is 0 Å². The second kappa shape index (κ2) is 6.34. The van der Waals surface area contributed by atoms with Gasteiger partial charge in [-0.3, -0.25) is 4.79 Å². The Kier molecular flexibility index (Phi) is 5.27. The first kappa shape index (κ1) is 16.6. The van der Waals surface area contributed by atoms with Gasteiger partial charge in [0.2, 0.25) is 15.9 Å². The zero-order valence-corrected chi connectivity index (χ0v) is 12.6. The van der Waals surface area contributed by atoms with Gasteiger partial charge in [0.05, 0.1) is 11.0 Å². The van der Waals surface area contributed by atoms with Gasteiger partial charge in [-0.2, -0.15) is 0 Å². The number of anilines is 1. The van der Waals surface area contributed by atoms with Crippen molar-refractivity contribution < 1.29 is 18.3 Å². The van der Waals surface area contributed by atoms with Crippen molar-refractivity contribution in [1.29, 1.82) is 0 Å². The summed E-state index contributed by atoms with van der Waals surface area (Å²) in [5, 5.41) is 16.9. The van der Waals surface area contributed by atoms with Gasteiger partial charge in [0.1, 0.15) is 0 Å². The molecule has 20 heavy (non-hydrogen) atoms. The van der Waals surface area contributed by atoms with Crippen LogP contribution in [0.1, 0.15) is 30.9 Å². The molecule has 1 amide bonds. The fourth-order valence-corrected chi connectivity index (χ4v) is 2.30. The van der Waals surface area contributed by atoms with E-state index in [0.717, 1.165) is 11.1 Å². The summed E-state index contributed by atoms with van der Waals surface area (Å²) in [5.41, 5.74) is 1.93. The summed E-state index contributed by atoms with van der Waals surface area (Å²) < 4.78 is 22.8. The minimum Gasteiger partial charge on any atom is -0.393 e. The number of aliphatic hydroxyl groups excluding tert-OH is 1. The molecular weight excluding hydrogens is 280 g/mol. The molecule has 0 aliphatic rings. The summed E-state index contributed by atoms with van der Waals surface area (Å²) in [7, 11) is -3.82. The molecule has 0 aromatic heterocycles. The van der Waals surface area contributed by atoms with Gasteiger partial charge in [0.15, 0.2) is 0 Å². The Morgan fingerprint density at radius 1 is 1.40 bits per heavy atom. The van der Waals surface area contributed by atoms with Gasteiger partial charge in [-0.15, -0.1) is 0 Å². The molecule has 112 valence electrons. The smallest absolute Gasteiger partial charge is 0.238 e. The molecule has 0 saturated carbocycles. The maximum Gasteiger partial charge on any atom is 0.238 e. The lowest BCUT2D eigenvalue weighted by molar-refractivity contribution is -0.116. The third-order valence-corrected chi connectivity index (χ3v) is 3.93. The van der Waals surface area contributed by atoms with Gasteiger partial charge in [0, 0.05) is 12.1 Å². The number of hydrogen-bond acceptors (Lipinski definition) is 4. The number of carbonyl (C=O) groups excluding carboxylic acids is 1. The summed E-state index contributed by atoms with van der Waals surface area (Å²) >= 11 is 0. The average Bonchev–Trinajstić information content (AvgIpc) is 2.30. The molecule has 1 atom stereocenters. The number of nitrogens with two attached hydrogens (primary N) is 1. The number of carbonyl (C=O) groups is 1. The van der Waals surface area contributed by atoms with Crippen LogP contribution in [-0.2, 0) is 14.8 Å². The van der Waals surface area contributed by atoms with E-state index in [1.807, 2.05) is 0 Å². The Hall–Kier alpha value is -1.44. The zero-order chi connectivity index (χ0) is 15.5. The maximum atomic E-state index is 11.7. The SMILES string of the molecule is Cc1cc(S(N)(=O)=O)cc(NC(=O)CCC(C)O)c1C. The standard InChI is InChI=1S/C13H20N2O4S/c1-8-6-11(20(14,18)19)7-12(10(8)3)15-13(17)5-4-9(2)16/h6-7,9,16H,4-5H2,1-3H3,(H,15,17)(H2,14,18,19). The van der Waals surface area contributed by atoms with Crippen LogP contribution >= 0.6 is 0 Å². The Morgan fingerprint density at radius 3 is 2.50 bits per heavy atom. The first-order valence-electron chi connectivity index (χ1n) is 6.23. The lowest BCUT2D eigenvalue weighted by atomic mass is 10.1. The van der Waals surface area contributed by atoms with E-state index in [9.17, 15) is 13.2 Å². The summed E-state index contributed by atoms with van der Waals surface area (Å²) in [6.45, 7) is 5.13. The molecule has 0 aliphatic heterocycles. The van der Waals surface area contributed by atoms with Crippen molar-refractivity contribution in [3.8, 4) is 0 Å². The number of aliphatic hydroxyl groups is 1. The molecule has 6 nitrogen and oxygen atoms in total. The number of rotatable bonds is 5. The molecule has 0 radical (unpaired) electrons. The lowest BCUT2D eigenvalue weighted by Gasteiger charge is -2.13. The van der Waals surface area contributed by atoms with E-state index in [0.29, 0.717) is 12.1 Å². The van der Waals surface area contributed by atoms with E-state index >= 15 is 0 Å². The molecule has 1 aromatic rings. The van der Waals surface area contributed by atoms with Crippen LogP contribution in [0.5, 0.6) is 0 Å². The number of sulfonamides is 1. The van der Waals surface area contributed by atoms with Crippen molar-refractivity contribution in [2.45, 2.75) is 44.6 Å². The third kappa shape index (κ3) is 4.59. The van der Waals surface area contributed by atoms with Crippen molar-refractivity contribution in [3.05, 3.63) is 23.3 Å². The predicted molar refractivity (Wildman–Crippen MR) is 76.8 cm³/mol. The van der Waals surface area contributed by atoms with Crippen molar-refractivity contribution in [1.82, 2.24) is 0 Å². The van der Waals surface area contributed by atoms with Crippen LogP contribution in [0.3, 0.4) is 0 Å². The minimum absolute atomic E-state index is 0.0357. The Labute approximate surface area is 119 Å². The quantitative estimate of drug-likeness (QED) is 0.755. The summed E-state index contributed by atoms with van der Waals surface area (Å²) in [4.78, 5) is 11.7. The first-order chi connectivity index (χ1) is 9.11. The number of nitrogens with one attached hydrogen (secondary N) is 1. The molecule has 4 N–H and O–H groups in total. The van der Waals surface area contributed by atoms with E-state index < -0.39 is 16.1 Å². The van der Waals surface area contributed by atoms with Crippen molar-refractivity contribution in [2.75, 3.05) is 5.32 Å². The van der Waals surface area contributed by atoms with Crippen LogP contribution in [0.15, 0.2) is 17.0 Å². The third-order valence-electron chi connectivity index (χ3n) is 3.03. The molecular formula is C13H20N2O4S. The number of amides is 1. The Balaban J connectivity index is 3.00. The zero-order valence-electron chi connectivity index (χ0n) is 11.8. The first-order valence-corrected chi connectivity index (χ1v) is 7.78. The van der Waals surface area contributed by atoms with E-state index in [1.54, 1.807) is 20.8 Å². The van der Waals surface area contributed by atoms with Crippen LogP contribution < -0.4 is 10.5 Å². The molecule has 1 unspecified atom stereocenters. The van der Waals surface area contributed by atoms with Gasteiger partial charge in [-0.05, 0) is 50.5 Å². The number of primary sulfonamides is 1. The van der Waals surface area contributed by atoms with Crippen LogP contribution in [0, 0.1) is 13.8 Å². The van der Waals surface area contributed by atoms with E-state index in [1.165, 1.54) is 12.1 Å². The summed E-state index contributed by atoms with van der Waals surface area (Å²) in [6, 6.07) is 2.81. The molecule has 0 spiro atoms. The molecule has 0 bridgehead atoms. The fraction of sp³-hybridized carbons (Fsp3) is 0.462. The van der Waals surface area contributed by atoms with Gasteiger partial charge in [0.25, 0.3) is 0 Å². The van der Waals surface area contributed by atoms with Crippen LogP contribution in [0.4, 0.5) is 5.69 Å². The number of benzene rings is 1. The monoisotopic (exact) mass is 300 g/mol. The van der Waals surface area contributed by atoms with Crippen LogP contribution in [0.25, 0.3) is 0 Å². The second-order valence-electron chi connectivity index (χ2n) is 4.89. The van der Waals surface area contributed by atoms with Gasteiger partial charge < -0.3 is 10.4 Å². The normalized spacial score (nSPS) is 13.1. The van der Waals surface area contributed by atoms with E-state index in [2.05, 4.69) is 5.32 Å².